The number of nitrogens with one attached hydrogen (secondary N) is 5. The first-order valence-electron chi connectivity index (χ1n) is 27.9. The van der Waals surface area contributed by atoms with Gasteiger partial charge in [-0.1, -0.05) is 156 Å². The SMILES string of the molecule is CCCCCCCCC(CCCCCC)C(=O)NCCCOCCNC(=O)c1cc(OCCNC(=O)OC(C)(C)C)cc(C(=O)NCCOCCNC(=O)C(CCCCCC)CCCCCCCC)c1. The summed E-state index contributed by atoms with van der Waals surface area (Å²) in [5.74, 6) is -0.188. The molecule has 5 amide bonds. The molecule has 14 heteroatoms. The van der Waals surface area contributed by atoms with Gasteiger partial charge >= 0.3 is 6.09 Å². The van der Waals surface area contributed by atoms with Gasteiger partial charge in [-0.05, 0) is 71.1 Å². The molecule has 0 saturated carbocycles. The third-order valence-corrected chi connectivity index (χ3v) is 12.2. The van der Waals surface area contributed by atoms with E-state index in [1.54, 1.807) is 32.9 Å². The number of hydrogen-bond donors (Lipinski definition) is 5. The van der Waals surface area contributed by atoms with E-state index in [0.29, 0.717) is 32.7 Å². The van der Waals surface area contributed by atoms with Crippen LogP contribution in [-0.4, -0.2) is 101 Å². The monoisotopic (exact) mass is 988 g/mol. The van der Waals surface area contributed by atoms with Crippen LogP contribution in [0.25, 0.3) is 0 Å². The molecule has 0 bridgehead atoms. The summed E-state index contributed by atoms with van der Waals surface area (Å²) in [5, 5.41) is 14.6. The number of carbonyl (C=O) groups is 5. The Labute approximate surface area is 425 Å². The van der Waals surface area contributed by atoms with Crippen molar-refractivity contribution in [1.82, 2.24) is 26.6 Å². The second-order valence-electron chi connectivity index (χ2n) is 19.9. The summed E-state index contributed by atoms with van der Waals surface area (Å²) in [6.45, 7) is 17.1. The molecule has 2 atom stereocenters. The Morgan fingerprint density at radius 2 is 0.800 bits per heavy atom. The van der Waals surface area contributed by atoms with Crippen LogP contribution in [0.15, 0.2) is 18.2 Å². The zero-order valence-corrected chi connectivity index (χ0v) is 45.3. The summed E-state index contributed by atoms with van der Waals surface area (Å²) < 4.78 is 22.7. The van der Waals surface area contributed by atoms with Gasteiger partial charge in [-0.15, -0.1) is 0 Å². The smallest absolute Gasteiger partial charge is 0.407 e. The highest BCUT2D eigenvalue weighted by Crippen LogP contribution is 2.22. The third kappa shape index (κ3) is 35.2. The fourth-order valence-electron chi connectivity index (χ4n) is 8.17. The Morgan fingerprint density at radius 3 is 1.24 bits per heavy atom. The van der Waals surface area contributed by atoms with E-state index in [9.17, 15) is 24.0 Å². The second kappa shape index (κ2) is 42.7. The third-order valence-electron chi connectivity index (χ3n) is 12.2. The Morgan fingerprint density at radius 1 is 0.429 bits per heavy atom. The van der Waals surface area contributed by atoms with Gasteiger partial charge in [0, 0.05) is 55.7 Å². The van der Waals surface area contributed by atoms with Gasteiger partial charge in [0.25, 0.3) is 11.8 Å². The zero-order chi connectivity index (χ0) is 51.5. The quantitative estimate of drug-likeness (QED) is 0.0397. The van der Waals surface area contributed by atoms with Gasteiger partial charge in [-0.3, -0.25) is 19.2 Å². The predicted octanol–water partition coefficient (Wildman–Crippen LogP) is 11.4. The Hall–Kier alpha value is -3.91. The standard InChI is InChI=1S/C56H101N5O9/c1-8-12-16-20-22-26-31-46(29-24-18-14-10-3)51(62)57-33-28-38-67-39-34-59-53(64)48-43-49(45-50(44-48)69-42-37-61-55(66)70-56(5,6)7)54(65)60-36-41-68-40-35-58-52(63)47(30-25-19-15-11-4)32-27-23-21-17-13-9-2/h43-47H,8-42H2,1-7H3,(H,57,62)(H,58,63)(H,59,64)(H,60,65)(H,61,66). The van der Waals surface area contributed by atoms with Crippen LogP contribution in [0.5, 0.6) is 5.75 Å². The zero-order valence-electron chi connectivity index (χ0n) is 45.3. The lowest BCUT2D eigenvalue weighted by atomic mass is 9.93. The van der Waals surface area contributed by atoms with Gasteiger partial charge in [0.15, 0.2) is 0 Å². The maximum Gasteiger partial charge on any atom is 0.407 e. The Kier molecular flexibility index (Phi) is 39.1. The molecule has 1 rings (SSSR count). The van der Waals surface area contributed by atoms with Crippen molar-refractivity contribution in [2.24, 2.45) is 11.8 Å². The fourth-order valence-corrected chi connectivity index (χ4v) is 8.17. The number of ether oxygens (including phenoxy) is 4. The van der Waals surface area contributed by atoms with Crippen LogP contribution in [0.2, 0.25) is 0 Å². The van der Waals surface area contributed by atoms with Gasteiger partial charge in [0.2, 0.25) is 11.8 Å². The number of alkyl carbamates (subject to hydrolysis) is 1. The van der Waals surface area contributed by atoms with E-state index >= 15 is 0 Å². The van der Waals surface area contributed by atoms with Crippen LogP contribution in [0, 0.1) is 11.8 Å². The molecule has 0 aromatic heterocycles. The number of unbranched alkanes of at least 4 members (excludes halogenated alkanes) is 16. The van der Waals surface area contributed by atoms with E-state index < -0.39 is 23.5 Å². The molecule has 2 unspecified atom stereocenters. The first-order valence-corrected chi connectivity index (χ1v) is 27.9. The van der Waals surface area contributed by atoms with Crippen LogP contribution in [0.4, 0.5) is 4.79 Å². The molecule has 0 aliphatic rings. The van der Waals surface area contributed by atoms with Crippen molar-refractivity contribution in [3.8, 4) is 5.75 Å². The summed E-state index contributed by atoms with van der Waals surface area (Å²) in [5.41, 5.74) is -0.201. The van der Waals surface area contributed by atoms with Crippen molar-refractivity contribution in [2.75, 3.05) is 65.8 Å². The van der Waals surface area contributed by atoms with Crippen molar-refractivity contribution in [3.63, 3.8) is 0 Å². The second-order valence-corrected chi connectivity index (χ2v) is 19.9. The summed E-state index contributed by atoms with van der Waals surface area (Å²) in [7, 11) is 0. The lowest BCUT2D eigenvalue weighted by Gasteiger charge is -2.19. The van der Waals surface area contributed by atoms with Crippen molar-refractivity contribution in [1.29, 1.82) is 0 Å². The topological polar surface area (TPSA) is 182 Å². The number of hydrogen-bond acceptors (Lipinski definition) is 9. The van der Waals surface area contributed by atoms with Gasteiger partial charge in [0.05, 0.1) is 26.4 Å². The minimum atomic E-state index is -0.647. The van der Waals surface area contributed by atoms with Crippen molar-refractivity contribution < 1.29 is 42.9 Å². The molecule has 0 radical (unpaired) electrons. The van der Waals surface area contributed by atoms with E-state index in [1.807, 2.05) is 0 Å². The number of carbonyl (C=O) groups excluding carboxylic acids is 5. The Balaban J connectivity index is 2.68. The fraction of sp³-hybridized carbons (Fsp3) is 0.804. The molecule has 5 N–H and O–H groups in total. The largest absolute Gasteiger partial charge is 0.492 e. The van der Waals surface area contributed by atoms with Gasteiger partial charge in [-0.25, -0.2) is 4.79 Å². The average Bonchev–Trinajstić information content (AvgIpc) is 3.33. The predicted molar refractivity (Wildman–Crippen MR) is 284 cm³/mol. The van der Waals surface area contributed by atoms with Crippen LogP contribution in [-0.2, 0) is 23.8 Å². The highest BCUT2D eigenvalue weighted by molar-refractivity contribution is 6.00. The molecule has 404 valence electrons. The molecule has 1 aromatic rings. The van der Waals surface area contributed by atoms with E-state index in [1.165, 1.54) is 102 Å². The number of amides is 5. The van der Waals surface area contributed by atoms with Crippen molar-refractivity contribution >= 4 is 29.7 Å². The van der Waals surface area contributed by atoms with E-state index in [4.69, 9.17) is 18.9 Å². The molecule has 0 spiro atoms. The minimum absolute atomic E-state index is 0.0302. The summed E-state index contributed by atoms with van der Waals surface area (Å²) in [6, 6.07) is 4.60. The molecular formula is C56H101N5O9. The van der Waals surface area contributed by atoms with Crippen molar-refractivity contribution in [2.45, 2.75) is 215 Å². The molecule has 14 nitrogen and oxygen atoms in total. The van der Waals surface area contributed by atoms with Crippen LogP contribution >= 0.6 is 0 Å². The van der Waals surface area contributed by atoms with Crippen molar-refractivity contribution in [3.05, 3.63) is 29.3 Å². The minimum Gasteiger partial charge on any atom is -0.492 e. The van der Waals surface area contributed by atoms with E-state index in [0.717, 1.165) is 57.8 Å². The first-order chi connectivity index (χ1) is 33.8. The average molecular weight is 988 g/mol. The van der Waals surface area contributed by atoms with E-state index in [2.05, 4.69) is 54.3 Å². The number of benzene rings is 1. The highest BCUT2D eigenvalue weighted by atomic mass is 16.6. The summed E-state index contributed by atoms with van der Waals surface area (Å²) in [6.07, 6.45) is 27.6. The first kappa shape index (κ1) is 64.1. The molecular weight excluding hydrogens is 887 g/mol. The van der Waals surface area contributed by atoms with Crippen LogP contribution in [0.1, 0.15) is 230 Å². The van der Waals surface area contributed by atoms with Gasteiger partial charge in [-0.2, -0.15) is 0 Å². The lowest BCUT2D eigenvalue weighted by Crippen LogP contribution is -2.34. The Bertz CT molecular complexity index is 1520. The summed E-state index contributed by atoms with van der Waals surface area (Å²) >= 11 is 0. The molecule has 0 aliphatic carbocycles. The lowest BCUT2D eigenvalue weighted by molar-refractivity contribution is -0.126. The molecule has 0 aliphatic heterocycles. The maximum absolute atomic E-state index is 13.4. The van der Waals surface area contributed by atoms with Gasteiger partial charge < -0.3 is 45.5 Å². The van der Waals surface area contributed by atoms with Crippen LogP contribution < -0.4 is 31.3 Å². The molecule has 0 fully saturated rings. The van der Waals surface area contributed by atoms with Gasteiger partial charge in [0.1, 0.15) is 18.0 Å². The molecule has 70 heavy (non-hydrogen) atoms. The maximum atomic E-state index is 13.4. The summed E-state index contributed by atoms with van der Waals surface area (Å²) in [4.78, 5) is 65.1. The number of rotatable bonds is 45. The molecule has 0 heterocycles. The van der Waals surface area contributed by atoms with Crippen LogP contribution in [0.3, 0.4) is 0 Å². The van der Waals surface area contributed by atoms with E-state index in [-0.39, 0.29) is 80.0 Å². The molecule has 1 aromatic carbocycles. The normalized spacial score (nSPS) is 12.2. The highest BCUT2D eigenvalue weighted by Gasteiger charge is 2.20. The molecule has 0 saturated heterocycles.